The van der Waals surface area contributed by atoms with Gasteiger partial charge in [0.15, 0.2) is 0 Å². The average Bonchev–Trinajstić information content (AvgIpc) is 3.12. The van der Waals surface area contributed by atoms with Crippen LogP contribution in [0.1, 0.15) is 39.2 Å². The van der Waals surface area contributed by atoms with Crippen molar-refractivity contribution in [2.75, 3.05) is 26.3 Å². The molecule has 7 nitrogen and oxygen atoms in total. The number of nitrogens with zero attached hydrogens (tertiary/aromatic N) is 1. The van der Waals surface area contributed by atoms with Crippen molar-refractivity contribution >= 4 is 28.7 Å². The molecule has 0 spiro atoms. The summed E-state index contributed by atoms with van der Waals surface area (Å²) in [5, 5.41) is 1.10. The number of fused-ring (bicyclic) bond motifs is 1. The molecule has 1 atom stereocenters. The number of ether oxygens (including phenoxy) is 2. The highest BCUT2D eigenvalue weighted by atomic mass is 16.5. The maximum Gasteiger partial charge on any atom is 0.318 e. The Labute approximate surface area is 171 Å². The molecule has 2 aromatic rings. The number of carbonyl (C=O) groups excluding carboxylic acids is 3. The van der Waals surface area contributed by atoms with Crippen LogP contribution in [-0.2, 0) is 30.3 Å². The number of nitrogens with one attached hydrogen (secondary N) is 1. The SMILES string of the molecule is CCOC(=O)CCN(CCc1c[nH]c2ccccc12)C(=O)C(CC)C(=O)OCC. The van der Waals surface area contributed by atoms with Crippen LogP contribution in [0.3, 0.4) is 0 Å². The molecule has 0 aliphatic rings. The van der Waals surface area contributed by atoms with Crippen molar-refractivity contribution in [3.05, 3.63) is 36.0 Å². The second-order valence-corrected chi connectivity index (χ2v) is 6.70. The molecule has 0 fully saturated rings. The first-order chi connectivity index (χ1) is 14.0. The van der Waals surface area contributed by atoms with Gasteiger partial charge in [-0.2, -0.15) is 0 Å². The van der Waals surface area contributed by atoms with E-state index < -0.39 is 11.9 Å². The fraction of sp³-hybridized carbons (Fsp3) is 0.500. The third-order valence-corrected chi connectivity index (χ3v) is 4.81. The number of carbonyl (C=O) groups is 3. The van der Waals surface area contributed by atoms with Gasteiger partial charge < -0.3 is 19.4 Å². The Hall–Kier alpha value is -2.83. The van der Waals surface area contributed by atoms with Gasteiger partial charge in [-0.1, -0.05) is 25.1 Å². The predicted octanol–water partition coefficient (Wildman–Crippen LogP) is 3.08. The van der Waals surface area contributed by atoms with Crippen LogP contribution in [0.25, 0.3) is 10.9 Å². The topological polar surface area (TPSA) is 88.7 Å². The van der Waals surface area contributed by atoms with Crippen LogP contribution < -0.4 is 0 Å². The second kappa shape index (κ2) is 11.2. The van der Waals surface area contributed by atoms with E-state index in [-0.39, 0.29) is 31.4 Å². The number of benzene rings is 1. The van der Waals surface area contributed by atoms with E-state index in [2.05, 4.69) is 4.98 Å². The zero-order chi connectivity index (χ0) is 21.2. The molecule has 1 aromatic carbocycles. The van der Waals surface area contributed by atoms with Crippen molar-refractivity contribution in [3.63, 3.8) is 0 Å². The monoisotopic (exact) mass is 402 g/mol. The van der Waals surface area contributed by atoms with Gasteiger partial charge in [0.05, 0.1) is 19.6 Å². The lowest BCUT2D eigenvalue weighted by Crippen LogP contribution is -2.42. The molecule has 158 valence electrons. The first-order valence-electron chi connectivity index (χ1n) is 10.2. The molecule has 0 radical (unpaired) electrons. The molecule has 0 aliphatic heterocycles. The molecule has 7 heteroatoms. The van der Waals surface area contributed by atoms with E-state index in [1.807, 2.05) is 30.5 Å². The Kier molecular flexibility index (Phi) is 8.70. The zero-order valence-electron chi connectivity index (χ0n) is 17.4. The number of para-hydroxylation sites is 1. The standard InChI is InChI=1S/C22H30N2O5/c1-4-17(22(27)29-6-3)21(26)24(14-12-20(25)28-5-2)13-11-16-15-23-19-10-8-7-9-18(16)19/h7-10,15,17,23H,4-6,11-14H2,1-3H3. The van der Waals surface area contributed by atoms with Gasteiger partial charge in [-0.25, -0.2) is 0 Å². The molecule has 2 rings (SSSR count). The molecule has 1 heterocycles. The Balaban J connectivity index is 2.13. The van der Waals surface area contributed by atoms with Gasteiger partial charge in [0.2, 0.25) is 5.91 Å². The third-order valence-electron chi connectivity index (χ3n) is 4.81. The van der Waals surface area contributed by atoms with Gasteiger partial charge in [0.1, 0.15) is 5.92 Å². The van der Waals surface area contributed by atoms with Crippen LogP contribution in [0.4, 0.5) is 0 Å². The number of esters is 2. The molecule has 0 saturated carbocycles. The van der Waals surface area contributed by atoms with Gasteiger partial charge in [0.25, 0.3) is 0 Å². The lowest BCUT2D eigenvalue weighted by Gasteiger charge is -2.26. The van der Waals surface area contributed by atoms with E-state index in [4.69, 9.17) is 9.47 Å². The highest BCUT2D eigenvalue weighted by molar-refractivity contribution is 5.98. The normalized spacial score (nSPS) is 11.8. The molecule has 1 aromatic heterocycles. The molecule has 0 bridgehead atoms. The van der Waals surface area contributed by atoms with Crippen LogP contribution in [0.15, 0.2) is 30.5 Å². The number of hydrogen-bond acceptors (Lipinski definition) is 5. The summed E-state index contributed by atoms with van der Waals surface area (Å²) in [5.41, 5.74) is 2.11. The van der Waals surface area contributed by atoms with Crippen LogP contribution in [0.2, 0.25) is 0 Å². The Morgan fingerprint density at radius 2 is 1.76 bits per heavy atom. The fourth-order valence-corrected chi connectivity index (χ4v) is 3.29. The van der Waals surface area contributed by atoms with Gasteiger partial charge >= 0.3 is 11.9 Å². The Morgan fingerprint density at radius 1 is 1.03 bits per heavy atom. The van der Waals surface area contributed by atoms with Crippen LogP contribution >= 0.6 is 0 Å². The van der Waals surface area contributed by atoms with E-state index in [1.165, 1.54) is 0 Å². The van der Waals surface area contributed by atoms with Crippen molar-refractivity contribution in [2.24, 2.45) is 5.92 Å². The number of hydrogen-bond donors (Lipinski definition) is 1. The molecule has 1 N–H and O–H groups in total. The summed E-state index contributed by atoms with van der Waals surface area (Å²) >= 11 is 0. The number of aromatic amines is 1. The third kappa shape index (κ3) is 6.07. The molecule has 0 aliphatic carbocycles. The fourth-order valence-electron chi connectivity index (χ4n) is 3.29. The van der Waals surface area contributed by atoms with E-state index in [0.29, 0.717) is 26.0 Å². The minimum absolute atomic E-state index is 0.0900. The smallest absolute Gasteiger partial charge is 0.318 e. The summed E-state index contributed by atoms with van der Waals surface area (Å²) < 4.78 is 10.0. The lowest BCUT2D eigenvalue weighted by atomic mass is 10.0. The molecular weight excluding hydrogens is 372 g/mol. The van der Waals surface area contributed by atoms with Crippen molar-refractivity contribution in [1.82, 2.24) is 9.88 Å². The number of amides is 1. The van der Waals surface area contributed by atoms with Crippen molar-refractivity contribution in [2.45, 2.75) is 40.0 Å². The summed E-state index contributed by atoms with van der Waals surface area (Å²) in [6, 6.07) is 7.95. The van der Waals surface area contributed by atoms with Gasteiger partial charge in [-0.15, -0.1) is 0 Å². The summed E-state index contributed by atoms with van der Waals surface area (Å²) in [7, 11) is 0. The van der Waals surface area contributed by atoms with Crippen LogP contribution in [0, 0.1) is 5.92 Å². The summed E-state index contributed by atoms with van der Waals surface area (Å²) in [5.74, 6) is -2.05. The number of aromatic nitrogens is 1. The maximum atomic E-state index is 13.0. The summed E-state index contributed by atoms with van der Waals surface area (Å²) in [6.07, 6.45) is 2.98. The van der Waals surface area contributed by atoms with Crippen molar-refractivity contribution in [3.8, 4) is 0 Å². The zero-order valence-corrected chi connectivity index (χ0v) is 17.4. The van der Waals surface area contributed by atoms with Gasteiger partial charge in [-0.3, -0.25) is 14.4 Å². The average molecular weight is 402 g/mol. The highest BCUT2D eigenvalue weighted by Gasteiger charge is 2.30. The van der Waals surface area contributed by atoms with Crippen LogP contribution in [-0.4, -0.2) is 54.0 Å². The van der Waals surface area contributed by atoms with Crippen molar-refractivity contribution < 1.29 is 23.9 Å². The van der Waals surface area contributed by atoms with Crippen molar-refractivity contribution in [1.29, 1.82) is 0 Å². The lowest BCUT2D eigenvalue weighted by molar-refractivity contribution is -0.155. The van der Waals surface area contributed by atoms with E-state index in [1.54, 1.807) is 25.7 Å². The van der Waals surface area contributed by atoms with Crippen LogP contribution in [0.5, 0.6) is 0 Å². The molecule has 1 amide bonds. The first-order valence-corrected chi connectivity index (χ1v) is 10.2. The minimum Gasteiger partial charge on any atom is -0.466 e. The minimum atomic E-state index is -0.861. The number of rotatable bonds is 11. The molecule has 1 unspecified atom stereocenters. The highest BCUT2D eigenvalue weighted by Crippen LogP contribution is 2.19. The second-order valence-electron chi connectivity index (χ2n) is 6.70. The Morgan fingerprint density at radius 3 is 2.45 bits per heavy atom. The first kappa shape index (κ1) is 22.5. The number of H-pyrrole nitrogens is 1. The van der Waals surface area contributed by atoms with E-state index in [9.17, 15) is 14.4 Å². The maximum absolute atomic E-state index is 13.0. The van der Waals surface area contributed by atoms with E-state index in [0.717, 1.165) is 16.5 Å². The summed E-state index contributed by atoms with van der Waals surface area (Å²) in [4.78, 5) is 41.8. The quantitative estimate of drug-likeness (QED) is 0.461. The summed E-state index contributed by atoms with van der Waals surface area (Å²) in [6.45, 7) is 6.36. The van der Waals surface area contributed by atoms with Gasteiger partial charge in [-0.05, 0) is 38.3 Å². The predicted molar refractivity (Wildman–Crippen MR) is 110 cm³/mol. The molecule has 29 heavy (non-hydrogen) atoms. The molecule has 0 saturated heterocycles. The molecular formula is C22H30N2O5. The largest absolute Gasteiger partial charge is 0.466 e. The Bertz CT molecular complexity index is 829. The van der Waals surface area contributed by atoms with Gasteiger partial charge in [0, 0.05) is 30.2 Å². The van der Waals surface area contributed by atoms with E-state index >= 15 is 0 Å².